The van der Waals surface area contributed by atoms with Crippen LogP contribution in [0.15, 0.2) is 72.1 Å². The number of rotatable bonds is 6. The third-order valence-electron chi connectivity index (χ3n) is 3.39. The van der Waals surface area contributed by atoms with Crippen LogP contribution < -0.4 is 10.2 Å². The molecule has 0 radical (unpaired) electrons. The van der Waals surface area contributed by atoms with Crippen LogP contribution in [0.2, 0.25) is 0 Å². The Bertz CT molecular complexity index is 872. The van der Waals surface area contributed by atoms with Crippen LogP contribution in [0, 0.1) is 6.92 Å². The van der Waals surface area contributed by atoms with Crippen LogP contribution >= 0.6 is 0 Å². The first-order valence-electron chi connectivity index (χ1n) is 7.82. The Kier molecular flexibility index (Phi) is 5.21. The minimum atomic E-state index is -0.326. The van der Waals surface area contributed by atoms with Gasteiger partial charge in [-0.1, -0.05) is 30.3 Å². The fourth-order valence-electron chi connectivity index (χ4n) is 2.19. The second kappa shape index (κ2) is 7.92. The first-order chi connectivity index (χ1) is 12.2. The van der Waals surface area contributed by atoms with Gasteiger partial charge in [-0.2, -0.15) is 10.2 Å². The van der Waals surface area contributed by atoms with E-state index in [0.717, 1.165) is 16.8 Å². The number of hydrogen-bond acceptors (Lipinski definition) is 4. The van der Waals surface area contributed by atoms with Crippen molar-refractivity contribution in [3.05, 3.63) is 78.1 Å². The number of carbonyl (C=O) groups excluding carboxylic acids is 1. The average molecular weight is 334 g/mol. The number of para-hydroxylation sites is 1. The zero-order valence-corrected chi connectivity index (χ0v) is 13.8. The van der Waals surface area contributed by atoms with Crippen molar-refractivity contribution in [1.29, 1.82) is 0 Å². The predicted octanol–water partition coefficient (Wildman–Crippen LogP) is 2.71. The first kappa shape index (κ1) is 16.4. The highest BCUT2D eigenvalue weighted by atomic mass is 16.5. The number of benzene rings is 2. The first-order valence-corrected chi connectivity index (χ1v) is 7.82. The SMILES string of the molecule is Cc1cccc(OCC(=O)N/N=C\c2cnn(-c3ccccc3)c2)c1. The molecule has 6 nitrogen and oxygen atoms in total. The lowest BCUT2D eigenvalue weighted by atomic mass is 10.2. The van der Waals surface area contributed by atoms with Gasteiger partial charge >= 0.3 is 0 Å². The number of hydrazone groups is 1. The Morgan fingerprint density at radius 2 is 2.08 bits per heavy atom. The molecule has 0 fully saturated rings. The molecule has 3 rings (SSSR count). The van der Waals surface area contributed by atoms with Crippen molar-refractivity contribution >= 4 is 12.1 Å². The predicted molar refractivity (Wildman–Crippen MR) is 96.0 cm³/mol. The van der Waals surface area contributed by atoms with Crippen LogP contribution in [0.5, 0.6) is 5.75 Å². The summed E-state index contributed by atoms with van der Waals surface area (Å²) in [5.41, 5.74) is 5.25. The molecule has 0 aliphatic carbocycles. The second-order valence-corrected chi connectivity index (χ2v) is 5.45. The number of ether oxygens (including phenoxy) is 1. The van der Waals surface area contributed by atoms with Gasteiger partial charge in [-0.25, -0.2) is 10.1 Å². The minimum Gasteiger partial charge on any atom is -0.484 e. The minimum absolute atomic E-state index is 0.0932. The summed E-state index contributed by atoms with van der Waals surface area (Å²) >= 11 is 0. The zero-order chi connectivity index (χ0) is 17.5. The summed E-state index contributed by atoms with van der Waals surface area (Å²) in [6.07, 6.45) is 5.04. The van der Waals surface area contributed by atoms with Crippen molar-refractivity contribution in [1.82, 2.24) is 15.2 Å². The molecule has 0 saturated carbocycles. The van der Waals surface area contributed by atoms with Gasteiger partial charge in [0.15, 0.2) is 6.61 Å². The van der Waals surface area contributed by atoms with E-state index >= 15 is 0 Å². The average Bonchev–Trinajstić information content (AvgIpc) is 3.10. The fourth-order valence-corrected chi connectivity index (χ4v) is 2.19. The highest BCUT2D eigenvalue weighted by Gasteiger charge is 2.02. The van der Waals surface area contributed by atoms with Gasteiger partial charge in [-0.05, 0) is 36.8 Å². The number of nitrogens with one attached hydrogen (secondary N) is 1. The van der Waals surface area contributed by atoms with E-state index in [2.05, 4.69) is 15.6 Å². The van der Waals surface area contributed by atoms with Crippen LogP contribution in [0.25, 0.3) is 5.69 Å². The molecule has 0 saturated heterocycles. The standard InChI is InChI=1S/C19H18N4O2/c1-15-6-5-9-18(10-15)25-14-19(24)22-20-11-16-12-21-23(13-16)17-7-3-2-4-8-17/h2-13H,14H2,1H3,(H,22,24)/b20-11-. The molecule has 0 aliphatic heterocycles. The maximum absolute atomic E-state index is 11.7. The maximum Gasteiger partial charge on any atom is 0.277 e. The van der Waals surface area contributed by atoms with Gasteiger partial charge in [0.2, 0.25) is 0 Å². The Balaban J connectivity index is 1.49. The van der Waals surface area contributed by atoms with E-state index < -0.39 is 0 Å². The Hall–Kier alpha value is -3.41. The van der Waals surface area contributed by atoms with E-state index in [9.17, 15) is 4.79 Å². The summed E-state index contributed by atoms with van der Waals surface area (Å²) in [5.74, 6) is 0.330. The molecule has 1 amide bonds. The molecule has 1 heterocycles. The number of amides is 1. The Morgan fingerprint density at radius 1 is 1.24 bits per heavy atom. The quantitative estimate of drug-likeness (QED) is 0.557. The summed E-state index contributed by atoms with van der Waals surface area (Å²) in [6.45, 7) is 1.87. The normalized spacial score (nSPS) is 10.8. The number of aromatic nitrogens is 2. The molecule has 3 aromatic rings. The van der Waals surface area contributed by atoms with Crippen molar-refractivity contribution < 1.29 is 9.53 Å². The van der Waals surface area contributed by atoms with Gasteiger partial charge in [0, 0.05) is 11.8 Å². The lowest BCUT2D eigenvalue weighted by molar-refractivity contribution is -0.123. The molecule has 2 aromatic carbocycles. The Labute approximate surface area is 145 Å². The van der Waals surface area contributed by atoms with Gasteiger partial charge in [0.05, 0.1) is 18.1 Å². The monoisotopic (exact) mass is 334 g/mol. The molecule has 25 heavy (non-hydrogen) atoms. The molecular formula is C19H18N4O2. The van der Waals surface area contributed by atoms with E-state index in [1.165, 1.54) is 6.21 Å². The van der Waals surface area contributed by atoms with E-state index in [1.807, 2.05) is 67.7 Å². The van der Waals surface area contributed by atoms with Crippen LogP contribution in [-0.2, 0) is 4.79 Å². The largest absolute Gasteiger partial charge is 0.484 e. The van der Waals surface area contributed by atoms with E-state index in [-0.39, 0.29) is 12.5 Å². The highest BCUT2D eigenvalue weighted by Crippen LogP contribution is 2.11. The summed E-state index contributed by atoms with van der Waals surface area (Å²) in [5, 5.41) is 8.18. The molecule has 0 bridgehead atoms. The van der Waals surface area contributed by atoms with E-state index in [1.54, 1.807) is 10.9 Å². The van der Waals surface area contributed by atoms with Crippen molar-refractivity contribution in [3.63, 3.8) is 0 Å². The number of aryl methyl sites for hydroxylation is 1. The summed E-state index contributed by atoms with van der Waals surface area (Å²) in [6, 6.07) is 17.3. The number of carbonyl (C=O) groups is 1. The van der Waals surface area contributed by atoms with Crippen molar-refractivity contribution in [2.24, 2.45) is 5.10 Å². The van der Waals surface area contributed by atoms with Crippen molar-refractivity contribution in [2.45, 2.75) is 6.92 Å². The zero-order valence-electron chi connectivity index (χ0n) is 13.8. The van der Waals surface area contributed by atoms with Crippen LogP contribution in [0.3, 0.4) is 0 Å². The molecule has 126 valence electrons. The smallest absolute Gasteiger partial charge is 0.277 e. The maximum atomic E-state index is 11.7. The van der Waals surface area contributed by atoms with E-state index in [4.69, 9.17) is 4.74 Å². The van der Waals surface area contributed by atoms with Gasteiger partial charge in [-0.15, -0.1) is 0 Å². The summed E-state index contributed by atoms with van der Waals surface area (Å²) in [4.78, 5) is 11.7. The molecule has 6 heteroatoms. The highest BCUT2D eigenvalue weighted by molar-refractivity contribution is 5.82. The molecule has 0 spiro atoms. The summed E-state index contributed by atoms with van der Waals surface area (Å²) < 4.78 is 7.15. The van der Waals surface area contributed by atoms with Crippen molar-refractivity contribution in [3.8, 4) is 11.4 Å². The Morgan fingerprint density at radius 3 is 2.88 bits per heavy atom. The van der Waals surface area contributed by atoms with Crippen molar-refractivity contribution in [2.75, 3.05) is 6.61 Å². The van der Waals surface area contributed by atoms with Gasteiger partial charge in [0.25, 0.3) is 5.91 Å². The van der Waals surface area contributed by atoms with Crippen LogP contribution in [-0.4, -0.2) is 28.5 Å². The lowest BCUT2D eigenvalue weighted by Gasteiger charge is -2.05. The molecular weight excluding hydrogens is 316 g/mol. The number of nitrogens with zero attached hydrogens (tertiary/aromatic N) is 3. The third kappa shape index (κ3) is 4.78. The molecule has 0 aliphatic rings. The van der Waals surface area contributed by atoms with Crippen LogP contribution in [0.4, 0.5) is 0 Å². The molecule has 1 N–H and O–H groups in total. The third-order valence-corrected chi connectivity index (χ3v) is 3.39. The molecule has 0 unspecified atom stereocenters. The summed E-state index contributed by atoms with van der Waals surface area (Å²) in [7, 11) is 0. The van der Waals surface area contributed by atoms with E-state index in [0.29, 0.717) is 5.75 Å². The number of hydrogen-bond donors (Lipinski definition) is 1. The molecule has 0 atom stereocenters. The second-order valence-electron chi connectivity index (χ2n) is 5.45. The van der Waals surface area contributed by atoms with Gasteiger partial charge in [0.1, 0.15) is 5.75 Å². The lowest BCUT2D eigenvalue weighted by Crippen LogP contribution is -2.24. The molecule has 1 aromatic heterocycles. The topological polar surface area (TPSA) is 68.5 Å². The fraction of sp³-hybridized carbons (Fsp3) is 0.105. The van der Waals surface area contributed by atoms with Gasteiger partial charge < -0.3 is 4.74 Å². The van der Waals surface area contributed by atoms with Crippen LogP contribution in [0.1, 0.15) is 11.1 Å². The van der Waals surface area contributed by atoms with Gasteiger partial charge in [-0.3, -0.25) is 4.79 Å².